The van der Waals surface area contributed by atoms with Crippen molar-refractivity contribution in [3.05, 3.63) is 59.7 Å². The van der Waals surface area contributed by atoms with Gasteiger partial charge in [-0.25, -0.2) is 8.42 Å². The van der Waals surface area contributed by atoms with E-state index in [1.54, 1.807) is 6.07 Å². The van der Waals surface area contributed by atoms with Crippen LogP contribution in [0.3, 0.4) is 0 Å². The van der Waals surface area contributed by atoms with Crippen molar-refractivity contribution in [1.29, 1.82) is 0 Å². The second-order valence-electron chi connectivity index (χ2n) is 8.18. The number of rotatable bonds is 5. The third-order valence-electron chi connectivity index (χ3n) is 6.02. The van der Waals surface area contributed by atoms with E-state index in [0.717, 1.165) is 18.4 Å². The lowest BCUT2D eigenvalue weighted by atomic mass is 10.2. The summed E-state index contributed by atoms with van der Waals surface area (Å²) in [5.74, 6) is 1.43. The molecule has 3 heterocycles. The van der Waals surface area contributed by atoms with Crippen LogP contribution in [0.2, 0.25) is 0 Å². The zero-order chi connectivity index (χ0) is 21.9. The number of hydrogen-bond acceptors (Lipinski definition) is 7. The van der Waals surface area contributed by atoms with Gasteiger partial charge in [-0.1, -0.05) is 23.4 Å². The summed E-state index contributed by atoms with van der Waals surface area (Å²) >= 11 is 0. The van der Waals surface area contributed by atoms with E-state index >= 15 is 0 Å². The van der Waals surface area contributed by atoms with Crippen molar-refractivity contribution in [2.75, 3.05) is 22.4 Å². The van der Waals surface area contributed by atoms with E-state index < -0.39 is 10.0 Å². The Bertz CT molecular complexity index is 1330. The Labute approximate surface area is 184 Å². The summed E-state index contributed by atoms with van der Waals surface area (Å²) in [6, 6.07) is 12.1. The maximum absolute atomic E-state index is 13.5. The first-order valence-electron chi connectivity index (χ1n) is 10.5. The molecule has 164 valence electrons. The van der Waals surface area contributed by atoms with Gasteiger partial charge in [-0.2, -0.15) is 4.98 Å². The number of para-hydroxylation sites is 1. The van der Waals surface area contributed by atoms with Gasteiger partial charge >= 0.3 is 0 Å². The highest BCUT2D eigenvalue weighted by atomic mass is 32.2. The third-order valence-corrected chi connectivity index (χ3v) is 7.83. The standard InChI is InChI=1S/C22H20N4O5S/c27-21-13-30-19-8-7-16(32(28,29)26-10-9-14-3-1-2-4-17(14)26)11-18(19)25(21)12-20-23-22(31-24-20)15-5-6-15/h1-4,7-8,11,15H,5-6,9-10,12-13H2. The number of hydrogen-bond donors (Lipinski definition) is 0. The number of anilines is 2. The fraction of sp³-hybridized carbons (Fsp3) is 0.318. The lowest BCUT2D eigenvalue weighted by Gasteiger charge is -2.29. The lowest BCUT2D eigenvalue weighted by molar-refractivity contribution is -0.121. The number of fused-ring (bicyclic) bond motifs is 2. The predicted octanol–water partition coefficient (Wildman–Crippen LogP) is 2.62. The number of nitrogens with zero attached hydrogens (tertiary/aromatic N) is 4. The number of carbonyl (C=O) groups excluding carboxylic acids is 1. The summed E-state index contributed by atoms with van der Waals surface area (Å²) in [5, 5.41) is 3.99. The zero-order valence-corrected chi connectivity index (χ0v) is 17.9. The van der Waals surface area contributed by atoms with Crippen molar-refractivity contribution in [3.63, 3.8) is 0 Å². The normalized spacial score (nSPS) is 17.8. The Morgan fingerprint density at radius 2 is 1.94 bits per heavy atom. The maximum Gasteiger partial charge on any atom is 0.265 e. The van der Waals surface area contributed by atoms with Gasteiger partial charge in [0.05, 0.1) is 22.8 Å². The monoisotopic (exact) mass is 452 g/mol. The van der Waals surface area contributed by atoms with E-state index in [1.165, 1.54) is 21.3 Å². The average molecular weight is 452 g/mol. The van der Waals surface area contributed by atoms with Crippen molar-refractivity contribution in [2.45, 2.75) is 36.6 Å². The van der Waals surface area contributed by atoms with Gasteiger partial charge in [-0.3, -0.25) is 14.0 Å². The second kappa shape index (κ2) is 7.06. The molecule has 1 saturated carbocycles. The van der Waals surface area contributed by atoms with Crippen molar-refractivity contribution in [3.8, 4) is 5.75 Å². The molecule has 0 radical (unpaired) electrons. The van der Waals surface area contributed by atoms with Crippen LogP contribution in [0.4, 0.5) is 11.4 Å². The Morgan fingerprint density at radius 3 is 2.78 bits per heavy atom. The summed E-state index contributed by atoms with van der Waals surface area (Å²) in [7, 11) is -3.81. The molecule has 1 aliphatic carbocycles. The number of carbonyl (C=O) groups is 1. The van der Waals surface area contributed by atoms with Crippen LogP contribution in [-0.2, 0) is 27.8 Å². The predicted molar refractivity (Wildman–Crippen MR) is 114 cm³/mol. The number of sulfonamides is 1. The number of ether oxygens (including phenoxy) is 1. The second-order valence-corrected chi connectivity index (χ2v) is 10.0. The fourth-order valence-electron chi connectivity index (χ4n) is 4.17. The highest BCUT2D eigenvalue weighted by molar-refractivity contribution is 7.92. The molecule has 0 N–H and O–H groups in total. The summed E-state index contributed by atoms with van der Waals surface area (Å²) in [6.07, 6.45) is 2.72. The highest BCUT2D eigenvalue weighted by Gasteiger charge is 2.34. The summed E-state index contributed by atoms with van der Waals surface area (Å²) < 4.78 is 39.2. The maximum atomic E-state index is 13.5. The van der Waals surface area contributed by atoms with Crippen LogP contribution >= 0.6 is 0 Å². The molecule has 0 atom stereocenters. The minimum Gasteiger partial charge on any atom is -0.482 e. The van der Waals surface area contributed by atoms with Crippen LogP contribution in [0.25, 0.3) is 0 Å². The van der Waals surface area contributed by atoms with Crippen LogP contribution < -0.4 is 13.9 Å². The van der Waals surface area contributed by atoms with Crippen LogP contribution in [0.5, 0.6) is 5.75 Å². The SMILES string of the molecule is O=C1COc2ccc(S(=O)(=O)N3CCc4ccccc43)cc2N1Cc1noc(C2CC2)n1. The fourth-order valence-corrected chi connectivity index (χ4v) is 5.69. The van der Waals surface area contributed by atoms with E-state index in [-0.39, 0.29) is 24.0 Å². The van der Waals surface area contributed by atoms with Crippen molar-refractivity contribution in [2.24, 2.45) is 0 Å². The minimum atomic E-state index is -3.81. The third kappa shape index (κ3) is 3.13. The molecule has 2 aromatic carbocycles. The highest BCUT2D eigenvalue weighted by Crippen LogP contribution is 2.40. The molecule has 1 fully saturated rings. The molecule has 6 rings (SSSR count). The number of aromatic nitrogens is 2. The van der Waals surface area contributed by atoms with Crippen molar-refractivity contribution >= 4 is 27.3 Å². The van der Waals surface area contributed by atoms with Gasteiger partial charge in [0.1, 0.15) is 5.75 Å². The molecule has 1 aromatic heterocycles. The Balaban J connectivity index is 1.35. The molecule has 3 aliphatic rings. The molecule has 10 heteroatoms. The van der Waals surface area contributed by atoms with E-state index in [0.29, 0.717) is 47.7 Å². The molecule has 0 saturated heterocycles. The molecule has 0 spiro atoms. The summed E-state index contributed by atoms with van der Waals surface area (Å²) in [5.41, 5.74) is 2.07. The van der Waals surface area contributed by atoms with E-state index in [1.807, 2.05) is 24.3 Å². The van der Waals surface area contributed by atoms with Crippen LogP contribution in [0, 0.1) is 0 Å². The van der Waals surface area contributed by atoms with Crippen LogP contribution in [0.1, 0.15) is 36.0 Å². The van der Waals surface area contributed by atoms with Crippen LogP contribution in [0.15, 0.2) is 51.9 Å². The van der Waals surface area contributed by atoms with E-state index in [2.05, 4.69) is 10.1 Å². The molecule has 0 unspecified atom stereocenters. The topological polar surface area (TPSA) is 106 Å². The first-order valence-corrected chi connectivity index (χ1v) is 11.9. The molecular weight excluding hydrogens is 432 g/mol. The van der Waals surface area contributed by atoms with Gasteiger partial charge in [0.25, 0.3) is 15.9 Å². The van der Waals surface area contributed by atoms with Gasteiger partial charge in [-0.15, -0.1) is 0 Å². The molecule has 32 heavy (non-hydrogen) atoms. The van der Waals surface area contributed by atoms with Crippen LogP contribution in [-0.4, -0.2) is 37.6 Å². The van der Waals surface area contributed by atoms with Gasteiger partial charge in [-0.05, 0) is 49.1 Å². The zero-order valence-electron chi connectivity index (χ0n) is 17.1. The number of amides is 1. The van der Waals surface area contributed by atoms with E-state index in [4.69, 9.17) is 9.26 Å². The smallest absolute Gasteiger partial charge is 0.265 e. The van der Waals surface area contributed by atoms with Crippen molar-refractivity contribution in [1.82, 2.24) is 10.1 Å². The first-order chi connectivity index (χ1) is 15.5. The Morgan fingerprint density at radius 1 is 1.09 bits per heavy atom. The molecule has 2 aliphatic heterocycles. The lowest BCUT2D eigenvalue weighted by Crippen LogP contribution is -2.39. The van der Waals surface area contributed by atoms with Gasteiger partial charge in [0, 0.05) is 12.5 Å². The summed E-state index contributed by atoms with van der Waals surface area (Å²) in [6.45, 7) is 0.331. The molecule has 1 amide bonds. The average Bonchev–Trinajstić information content (AvgIpc) is 3.38. The molecule has 3 aromatic rings. The van der Waals surface area contributed by atoms with E-state index in [9.17, 15) is 13.2 Å². The van der Waals surface area contributed by atoms with Gasteiger partial charge in [0.15, 0.2) is 12.4 Å². The molecule has 0 bridgehead atoms. The Kier molecular flexibility index (Phi) is 4.26. The quantitative estimate of drug-likeness (QED) is 0.586. The largest absolute Gasteiger partial charge is 0.482 e. The van der Waals surface area contributed by atoms with Gasteiger partial charge < -0.3 is 9.26 Å². The van der Waals surface area contributed by atoms with Gasteiger partial charge in [0.2, 0.25) is 5.89 Å². The first kappa shape index (κ1) is 19.3. The molecular formula is C22H20N4O5S. The molecule has 9 nitrogen and oxygen atoms in total. The summed E-state index contributed by atoms with van der Waals surface area (Å²) in [4.78, 5) is 18.6. The van der Waals surface area contributed by atoms with Crippen molar-refractivity contribution < 1.29 is 22.5 Å². The Hall–Kier alpha value is -3.40. The number of benzene rings is 2. The minimum absolute atomic E-state index is 0.0848.